The number of aromatic amines is 1. The van der Waals surface area contributed by atoms with E-state index in [9.17, 15) is 0 Å². The lowest BCUT2D eigenvalue weighted by atomic mass is 9.85. The first kappa shape index (κ1) is 19.5. The van der Waals surface area contributed by atoms with E-state index in [0.717, 1.165) is 42.9 Å². The fourth-order valence-electron chi connectivity index (χ4n) is 4.59. The number of halogens is 1. The van der Waals surface area contributed by atoms with Crippen LogP contribution in [0.2, 0.25) is 5.15 Å². The molecule has 0 amide bonds. The summed E-state index contributed by atoms with van der Waals surface area (Å²) in [5.41, 5.74) is 5.18. The Balaban J connectivity index is 1.63. The van der Waals surface area contributed by atoms with Gasteiger partial charge in [-0.2, -0.15) is 0 Å². The summed E-state index contributed by atoms with van der Waals surface area (Å²) < 4.78 is 0. The van der Waals surface area contributed by atoms with Crippen LogP contribution in [-0.2, 0) is 19.5 Å². The van der Waals surface area contributed by atoms with Gasteiger partial charge in [0.1, 0.15) is 5.15 Å². The predicted molar refractivity (Wildman–Crippen MR) is 118 cm³/mol. The Bertz CT molecular complexity index is 897. The molecule has 0 unspecified atom stereocenters. The highest BCUT2D eigenvalue weighted by atomic mass is 35.5. The van der Waals surface area contributed by atoms with E-state index < -0.39 is 0 Å². The highest BCUT2D eigenvalue weighted by molar-refractivity contribution is 6.34. The Morgan fingerprint density at radius 3 is 2.61 bits per heavy atom. The van der Waals surface area contributed by atoms with E-state index in [0.29, 0.717) is 5.15 Å². The van der Waals surface area contributed by atoms with Crippen LogP contribution < -0.4 is 0 Å². The fourth-order valence-corrected chi connectivity index (χ4v) is 4.86. The maximum absolute atomic E-state index is 6.56. The van der Waals surface area contributed by atoms with Gasteiger partial charge in [0, 0.05) is 30.4 Å². The molecule has 1 N–H and O–H groups in total. The SMILES string of the molecule is CCN(Cc1ccccc1)Cc1c(CC2CCCCC2)[nH]c2ccnc(Cl)c12. The smallest absolute Gasteiger partial charge is 0.138 e. The molecule has 1 aliphatic carbocycles. The van der Waals surface area contributed by atoms with E-state index in [4.69, 9.17) is 11.6 Å². The van der Waals surface area contributed by atoms with Crippen molar-refractivity contribution >= 4 is 22.5 Å². The van der Waals surface area contributed by atoms with Crippen molar-refractivity contribution in [2.24, 2.45) is 5.92 Å². The molecule has 28 heavy (non-hydrogen) atoms. The molecular formula is C24H30ClN3. The van der Waals surface area contributed by atoms with Gasteiger partial charge in [0.05, 0.1) is 5.52 Å². The molecule has 3 aromatic rings. The van der Waals surface area contributed by atoms with Crippen molar-refractivity contribution in [3.63, 3.8) is 0 Å². The summed E-state index contributed by atoms with van der Waals surface area (Å²) in [6.45, 7) is 5.09. The van der Waals surface area contributed by atoms with Crippen molar-refractivity contribution in [1.82, 2.24) is 14.9 Å². The Labute approximate surface area is 173 Å². The molecule has 0 radical (unpaired) electrons. The standard InChI is InChI=1S/C24H30ClN3/c1-2-28(16-19-11-7-4-8-12-19)17-20-22(15-18-9-5-3-6-10-18)27-21-13-14-26-24(25)23(20)21/h4,7-8,11-14,18,27H,2-3,5-6,9-10,15-17H2,1H3. The fraction of sp³-hybridized carbons (Fsp3) is 0.458. The third-order valence-corrected chi connectivity index (χ3v) is 6.44. The number of nitrogens with one attached hydrogen (secondary N) is 1. The minimum atomic E-state index is 0.620. The molecule has 0 saturated heterocycles. The molecule has 3 nitrogen and oxygen atoms in total. The summed E-state index contributed by atoms with van der Waals surface area (Å²) in [4.78, 5) is 10.6. The highest BCUT2D eigenvalue weighted by Crippen LogP contribution is 2.33. The van der Waals surface area contributed by atoms with Gasteiger partial charge in [0.15, 0.2) is 0 Å². The molecule has 1 aromatic carbocycles. The zero-order chi connectivity index (χ0) is 19.3. The van der Waals surface area contributed by atoms with Crippen molar-refractivity contribution in [2.75, 3.05) is 6.54 Å². The van der Waals surface area contributed by atoms with Crippen LogP contribution in [0.5, 0.6) is 0 Å². The van der Waals surface area contributed by atoms with E-state index in [-0.39, 0.29) is 0 Å². The van der Waals surface area contributed by atoms with Crippen LogP contribution in [0.1, 0.15) is 55.8 Å². The number of H-pyrrole nitrogens is 1. The number of hydrogen-bond acceptors (Lipinski definition) is 2. The van der Waals surface area contributed by atoms with Crippen molar-refractivity contribution in [3.8, 4) is 0 Å². The van der Waals surface area contributed by atoms with Crippen LogP contribution in [-0.4, -0.2) is 21.4 Å². The van der Waals surface area contributed by atoms with Crippen molar-refractivity contribution in [3.05, 3.63) is 64.6 Å². The summed E-state index contributed by atoms with van der Waals surface area (Å²) in [5, 5.41) is 1.73. The second kappa shape index (κ2) is 9.11. The van der Waals surface area contributed by atoms with E-state index in [1.807, 2.05) is 0 Å². The zero-order valence-electron chi connectivity index (χ0n) is 16.8. The summed E-state index contributed by atoms with van der Waals surface area (Å²) in [5.74, 6) is 0.788. The van der Waals surface area contributed by atoms with Crippen LogP contribution >= 0.6 is 11.6 Å². The highest BCUT2D eigenvalue weighted by Gasteiger charge is 2.21. The molecule has 1 aliphatic rings. The first-order chi connectivity index (χ1) is 13.7. The molecule has 4 heteroatoms. The van der Waals surface area contributed by atoms with Gasteiger partial charge in [0.2, 0.25) is 0 Å². The van der Waals surface area contributed by atoms with Gasteiger partial charge < -0.3 is 4.98 Å². The summed E-state index contributed by atoms with van der Waals surface area (Å²) in [6.07, 6.45) is 9.77. The Morgan fingerprint density at radius 2 is 1.86 bits per heavy atom. The van der Waals surface area contributed by atoms with Crippen LogP contribution in [0.15, 0.2) is 42.6 Å². The van der Waals surface area contributed by atoms with Gasteiger partial charge in [-0.25, -0.2) is 4.98 Å². The lowest BCUT2D eigenvalue weighted by Gasteiger charge is -2.24. The second-order valence-electron chi connectivity index (χ2n) is 8.10. The first-order valence-electron chi connectivity index (χ1n) is 10.6. The third-order valence-electron chi connectivity index (χ3n) is 6.15. The average Bonchev–Trinajstić information content (AvgIpc) is 3.07. The summed E-state index contributed by atoms with van der Waals surface area (Å²) >= 11 is 6.56. The number of rotatable bonds is 7. The van der Waals surface area contributed by atoms with Crippen LogP contribution in [0.25, 0.3) is 10.9 Å². The quantitative estimate of drug-likeness (QED) is 0.472. The molecule has 2 aromatic heterocycles. The van der Waals surface area contributed by atoms with Gasteiger partial charge in [0.25, 0.3) is 0 Å². The topological polar surface area (TPSA) is 31.9 Å². The zero-order valence-corrected chi connectivity index (χ0v) is 17.5. The number of fused-ring (bicyclic) bond motifs is 1. The number of nitrogens with zero attached hydrogens (tertiary/aromatic N) is 2. The average molecular weight is 396 g/mol. The largest absolute Gasteiger partial charge is 0.358 e. The monoisotopic (exact) mass is 395 g/mol. The molecule has 1 saturated carbocycles. The molecule has 2 heterocycles. The maximum atomic E-state index is 6.56. The van der Waals surface area contributed by atoms with Crippen molar-refractivity contribution in [1.29, 1.82) is 0 Å². The Kier molecular flexibility index (Phi) is 6.33. The van der Waals surface area contributed by atoms with E-state index in [1.54, 1.807) is 6.20 Å². The number of benzene rings is 1. The summed E-state index contributed by atoms with van der Waals surface area (Å²) in [6, 6.07) is 12.8. The van der Waals surface area contributed by atoms with E-state index in [2.05, 4.69) is 58.2 Å². The van der Waals surface area contributed by atoms with Gasteiger partial charge in [-0.15, -0.1) is 0 Å². The third kappa shape index (κ3) is 4.42. The molecule has 1 fully saturated rings. The molecule has 0 atom stereocenters. The second-order valence-corrected chi connectivity index (χ2v) is 8.46. The maximum Gasteiger partial charge on any atom is 0.138 e. The van der Waals surface area contributed by atoms with Gasteiger partial charge >= 0.3 is 0 Å². The Hall–Kier alpha value is -1.84. The van der Waals surface area contributed by atoms with Crippen LogP contribution in [0.3, 0.4) is 0 Å². The lowest BCUT2D eigenvalue weighted by Crippen LogP contribution is -2.23. The minimum absolute atomic E-state index is 0.620. The number of aromatic nitrogens is 2. The minimum Gasteiger partial charge on any atom is -0.358 e. The molecule has 0 spiro atoms. The van der Waals surface area contributed by atoms with Crippen LogP contribution in [0, 0.1) is 5.92 Å². The molecule has 148 valence electrons. The lowest BCUT2D eigenvalue weighted by molar-refractivity contribution is 0.270. The molecule has 0 aliphatic heterocycles. The molecular weight excluding hydrogens is 366 g/mol. The van der Waals surface area contributed by atoms with Crippen molar-refractivity contribution in [2.45, 2.75) is 58.5 Å². The normalized spacial score (nSPS) is 15.5. The van der Waals surface area contributed by atoms with Gasteiger partial charge in [-0.3, -0.25) is 4.90 Å². The molecule has 4 rings (SSSR count). The molecule has 0 bridgehead atoms. The van der Waals surface area contributed by atoms with Gasteiger partial charge in [-0.05, 0) is 36.1 Å². The predicted octanol–water partition coefficient (Wildman–Crippen LogP) is 6.36. The summed E-state index contributed by atoms with van der Waals surface area (Å²) in [7, 11) is 0. The van der Waals surface area contributed by atoms with Gasteiger partial charge in [-0.1, -0.05) is 81.0 Å². The number of hydrogen-bond donors (Lipinski definition) is 1. The van der Waals surface area contributed by atoms with Crippen molar-refractivity contribution < 1.29 is 0 Å². The Morgan fingerprint density at radius 1 is 1.07 bits per heavy atom. The van der Waals surface area contributed by atoms with E-state index >= 15 is 0 Å². The first-order valence-corrected chi connectivity index (χ1v) is 11.0. The number of pyridine rings is 1. The van der Waals surface area contributed by atoms with Crippen LogP contribution in [0.4, 0.5) is 0 Å². The van der Waals surface area contributed by atoms with E-state index in [1.165, 1.54) is 48.9 Å².